The average molecular weight is 395 g/mol. The van der Waals surface area contributed by atoms with Gasteiger partial charge in [-0.1, -0.05) is 48.4 Å². The maximum Gasteiger partial charge on any atom is 0.326 e. The number of imidazole rings is 1. The number of rotatable bonds is 4. The Balaban J connectivity index is 1.49. The average Bonchev–Trinajstić information content (AvgIpc) is 3.25. The SMILES string of the molecule is O=c1[nH]c2ccccc2n1Cc1cccc2sc(NC3CCCCC3O)nc12. The molecule has 144 valence electrons. The van der Waals surface area contributed by atoms with E-state index < -0.39 is 0 Å². The molecule has 4 aromatic rings. The van der Waals surface area contributed by atoms with E-state index in [4.69, 9.17) is 4.98 Å². The largest absolute Gasteiger partial charge is 0.391 e. The zero-order chi connectivity index (χ0) is 19.1. The highest BCUT2D eigenvalue weighted by molar-refractivity contribution is 7.22. The summed E-state index contributed by atoms with van der Waals surface area (Å²) in [5, 5.41) is 14.5. The Morgan fingerprint density at radius 1 is 1.18 bits per heavy atom. The second kappa shape index (κ2) is 7.07. The molecular formula is C21H22N4O2S. The number of hydrogen-bond donors (Lipinski definition) is 3. The van der Waals surface area contributed by atoms with Crippen molar-refractivity contribution in [3.05, 3.63) is 58.5 Å². The summed E-state index contributed by atoms with van der Waals surface area (Å²) >= 11 is 1.60. The third-order valence-electron chi connectivity index (χ3n) is 5.55. The van der Waals surface area contributed by atoms with Crippen LogP contribution in [0.1, 0.15) is 31.2 Å². The lowest BCUT2D eigenvalue weighted by molar-refractivity contribution is 0.116. The molecule has 1 aliphatic carbocycles. The van der Waals surface area contributed by atoms with Gasteiger partial charge in [0, 0.05) is 0 Å². The minimum atomic E-state index is -0.315. The quantitative estimate of drug-likeness (QED) is 0.493. The van der Waals surface area contributed by atoms with Crippen LogP contribution in [0, 0.1) is 0 Å². The molecule has 2 unspecified atom stereocenters. The molecule has 1 saturated carbocycles. The van der Waals surface area contributed by atoms with E-state index in [1.54, 1.807) is 15.9 Å². The van der Waals surface area contributed by atoms with E-state index in [0.29, 0.717) is 6.54 Å². The van der Waals surface area contributed by atoms with Gasteiger partial charge in [0.1, 0.15) is 0 Å². The molecular weight excluding hydrogens is 372 g/mol. The number of fused-ring (bicyclic) bond motifs is 2. The topological polar surface area (TPSA) is 82.9 Å². The highest BCUT2D eigenvalue weighted by Gasteiger charge is 2.24. The molecule has 0 aliphatic heterocycles. The molecule has 6 nitrogen and oxygen atoms in total. The first kappa shape index (κ1) is 17.5. The van der Waals surface area contributed by atoms with Crippen molar-refractivity contribution in [2.75, 3.05) is 5.32 Å². The number of thiazole rings is 1. The van der Waals surface area contributed by atoms with Crippen LogP contribution in [0.15, 0.2) is 47.3 Å². The van der Waals surface area contributed by atoms with Crippen LogP contribution in [-0.4, -0.2) is 31.8 Å². The lowest BCUT2D eigenvalue weighted by Gasteiger charge is -2.28. The van der Waals surface area contributed by atoms with Crippen LogP contribution in [0.2, 0.25) is 0 Å². The number of aliphatic hydroxyl groups excluding tert-OH is 1. The predicted octanol–water partition coefficient (Wildman–Crippen LogP) is 3.70. The predicted molar refractivity (Wildman–Crippen MR) is 113 cm³/mol. The van der Waals surface area contributed by atoms with Crippen LogP contribution in [0.4, 0.5) is 5.13 Å². The Labute approximate surface area is 165 Å². The Hall–Kier alpha value is -2.64. The van der Waals surface area contributed by atoms with E-state index in [9.17, 15) is 9.90 Å². The Bertz CT molecular complexity index is 1190. The lowest BCUT2D eigenvalue weighted by Crippen LogP contribution is -2.36. The smallest absolute Gasteiger partial charge is 0.326 e. The van der Waals surface area contributed by atoms with E-state index >= 15 is 0 Å². The molecule has 28 heavy (non-hydrogen) atoms. The lowest BCUT2D eigenvalue weighted by atomic mass is 9.93. The summed E-state index contributed by atoms with van der Waals surface area (Å²) in [5.74, 6) is 0. The van der Waals surface area contributed by atoms with Crippen LogP contribution < -0.4 is 11.0 Å². The van der Waals surface area contributed by atoms with Gasteiger partial charge in [0.15, 0.2) is 5.13 Å². The van der Waals surface area contributed by atoms with Crippen molar-refractivity contribution in [2.45, 2.75) is 44.4 Å². The fourth-order valence-electron chi connectivity index (χ4n) is 4.07. The first-order valence-corrected chi connectivity index (χ1v) is 10.5. The summed E-state index contributed by atoms with van der Waals surface area (Å²) < 4.78 is 2.83. The van der Waals surface area contributed by atoms with Crippen LogP contribution >= 0.6 is 11.3 Å². The van der Waals surface area contributed by atoms with Gasteiger partial charge < -0.3 is 15.4 Å². The fraction of sp³-hybridized carbons (Fsp3) is 0.333. The van der Waals surface area contributed by atoms with Crippen molar-refractivity contribution in [1.82, 2.24) is 14.5 Å². The first-order valence-electron chi connectivity index (χ1n) is 9.69. The van der Waals surface area contributed by atoms with E-state index in [-0.39, 0.29) is 17.8 Å². The fourth-order valence-corrected chi connectivity index (χ4v) is 5.04. The zero-order valence-electron chi connectivity index (χ0n) is 15.4. The second-order valence-corrected chi connectivity index (χ2v) is 8.45. The minimum Gasteiger partial charge on any atom is -0.391 e. The van der Waals surface area contributed by atoms with Crippen molar-refractivity contribution in [2.24, 2.45) is 0 Å². The molecule has 0 bridgehead atoms. The number of nitrogens with zero attached hydrogens (tertiary/aromatic N) is 2. The van der Waals surface area contributed by atoms with Gasteiger partial charge in [-0.15, -0.1) is 0 Å². The summed E-state index contributed by atoms with van der Waals surface area (Å²) in [6.45, 7) is 0.468. The highest BCUT2D eigenvalue weighted by Crippen LogP contribution is 2.31. The van der Waals surface area contributed by atoms with Crippen molar-refractivity contribution >= 4 is 37.7 Å². The molecule has 0 amide bonds. The Morgan fingerprint density at radius 2 is 2.04 bits per heavy atom. The van der Waals surface area contributed by atoms with E-state index in [1.165, 1.54) is 0 Å². The molecule has 7 heteroatoms. The molecule has 3 N–H and O–H groups in total. The van der Waals surface area contributed by atoms with Gasteiger partial charge in [-0.2, -0.15) is 0 Å². The second-order valence-electron chi connectivity index (χ2n) is 7.42. The van der Waals surface area contributed by atoms with Crippen molar-refractivity contribution in [3.63, 3.8) is 0 Å². The van der Waals surface area contributed by atoms with Crippen molar-refractivity contribution in [1.29, 1.82) is 0 Å². The number of aromatic nitrogens is 3. The zero-order valence-corrected chi connectivity index (χ0v) is 16.2. The van der Waals surface area contributed by atoms with Gasteiger partial charge in [-0.25, -0.2) is 9.78 Å². The van der Waals surface area contributed by atoms with Gasteiger partial charge in [-0.3, -0.25) is 4.57 Å². The number of nitrogens with one attached hydrogen (secondary N) is 2. The van der Waals surface area contributed by atoms with Gasteiger partial charge in [0.2, 0.25) is 0 Å². The summed E-state index contributed by atoms with van der Waals surface area (Å²) in [6, 6.07) is 13.9. The molecule has 0 saturated heterocycles. The molecule has 2 heterocycles. The maximum absolute atomic E-state index is 12.4. The van der Waals surface area contributed by atoms with E-state index in [0.717, 1.165) is 57.6 Å². The van der Waals surface area contributed by atoms with Crippen molar-refractivity contribution in [3.8, 4) is 0 Å². The van der Waals surface area contributed by atoms with Gasteiger partial charge in [0.25, 0.3) is 0 Å². The number of benzene rings is 2. The van der Waals surface area contributed by atoms with Crippen LogP contribution in [0.5, 0.6) is 0 Å². The van der Waals surface area contributed by atoms with E-state index in [1.807, 2.05) is 36.4 Å². The van der Waals surface area contributed by atoms with Gasteiger partial charge >= 0.3 is 5.69 Å². The van der Waals surface area contributed by atoms with Gasteiger partial charge in [-0.05, 0) is 36.6 Å². The standard InChI is InChI=1S/C21H22N4O2S/c26-17-10-4-2-8-15(17)22-20-24-19-13(6-5-11-18(19)28-20)12-25-16-9-3-1-7-14(16)23-21(25)27/h1,3,5-7,9,11,15,17,26H,2,4,8,10,12H2,(H,22,24)(H,23,27). The monoisotopic (exact) mass is 394 g/mol. The summed E-state index contributed by atoms with van der Waals surface area (Å²) in [4.78, 5) is 20.1. The molecule has 2 atom stereocenters. The van der Waals surface area contributed by atoms with E-state index in [2.05, 4.69) is 16.4 Å². The van der Waals surface area contributed by atoms with Crippen LogP contribution in [0.25, 0.3) is 21.3 Å². The first-order chi connectivity index (χ1) is 13.7. The van der Waals surface area contributed by atoms with Gasteiger partial charge in [0.05, 0.1) is 39.9 Å². The number of para-hydroxylation sites is 3. The normalized spacial score (nSPS) is 20.0. The van der Waals surface area contributed by atoms with Crippen molar-refractivity contribution < 1.29 is 5.11 Å². The minimum absolute atomic E-state index is 0.0639. The maximum atomic E-state index is 12.4. The number of hydrogen-bond acceptors (Lipinski definition) is 5. The third kappa shape index (κ3) is 3.10. The third-order valence-corrected chi connectivity index (χ3v) is 6.50. The Kier molecular flexibility index (Phi) is 4.41. The summed E-state index contributed by atoms with van der Waals surface area (Å²) in [6.07, 6.45) is 3.72. The molecule has 1 aliphatic rings. The number of aliphatic hydroxyl groups is 1. The molecule has 2 aromatic heterocycles. The molecule has 1 fully saturated rings. The molecule has 2 aromatic carbocycles. The van der Waals surface area contributed by atoms with Crippen LogP contribution in [0.3, 0.4) is 0 Å². The van der Waals surface area contributed by atoms with Crippen LogP contribution in [-0.2, 0) is 6.54 Å². The number of H-pyrrole nitrogens is 1. The summed E-state index contributed by atoms with van der Waals surface area (Å²) in [7, 11) is 0. The number of anilines is 1. The highest BCUT2D eigenvalue weighted by atomic mass is 32.1. The molecule has 0 radical (unpaired) electrons. The summed E-state index contributed by atoms with van der Waals surface area (Å²) in [5.41, 5.74) is 3.54. The molecule has 5 rings (SSSR count). The molecule has 0 spiro atoms. The number of aromatic amines is 1. The Morgan fingerprint density at radius 3 is 2.93 bits per heavy atom.